The molecule has 1 rings (SSSR count). The lowest BCUT2D eigenvalue weighted by Crippen LogP contribution is -2.38. The molecule has 0 aromatic carbocycles. The Hall–Kier alpha value is -0.120. The van der Waals surface area contributed by atoms with E-state index in [1.807, 2.05) is 0 Å². The Morgan fingerprint density at radius 1 is 1.33 bits per heavy atom. The van der Waals surface area contributed by atoms with Crippen molar-refractivity contribution < 1.29 is 4.74 Å². The van der Waals surface area contributed by atoms with Gasteiger partial charge in [0.25, 0.3) is 0 Å². The molecule has 1 aliphatic rings. The second-order valence-electron chi connectivity index (χ2n) is 5.38. The van der Waals surface area contributed by atoms with Gasteiger partial charge in [0.2, 0.25) is 0 Å². The number of hydrogen-bond acceptors (Lipinski definition) is 3. The molecule has 1 fully saturated rings. The lowest BCUT2D eigenvalue weighted by molar-refractivity contribution is -0.0162. The highest BCUT2D eigenvalue weighted by molar-refractivity contribution is 4.73. The highest BCUT2D eigenvalue weighted by Gasteiger charge is 2.17. The van der Waals surface area contributed by atoms with E-state index in [1.54, 1.807) is 0 Å². The molecule has 0 saturated carbocycles. The van der Waals surface area contributed by atoms with Crippen molar-refractivity contribution in [2.24, 2.45) is 0 Å². The highest BCUT2D eigenvalue weighted by atomic mass is 16.5. The minimum Gasteiger partial charge on any atom is -0.375 e. The number of ether oxygens (including phenoxy) is 1. The van der Waals surface area contributed by atoms with Crippen molar-refractivity contribution in [3.05, 3.63) is 0 Å². The monoisotopic (exact) mass is 214 g/mol. The van der Waals surface area contributed by atoms with Crippen LogP contribution in [-0.4, -0.2) is 49.3 Å². The second-order valence-corrected chi connectivity index (χ2v) is 5.38. The van der Waals surface area contributed by atoms with Crippen LogP contribution in [0, 0.1) is 0 Å². The molecule has 0 amide bonds. The molecule has 1 atom stereocenters. The van der Waals surface area contributed by atoms with Crippen molar-refractivity contribution in [1.29, 1.82) is 0 Å². The normalized spacial score (nSPS) is 25.2. The third-order valence-electron chi connectivity index (χ3n) is 2.85. The molecule has 1 saturated heterocycles. The lowest BCUT2D eigenvalue weighted by Gasteiger charge is -2.28. The Bertz CT molecular complexity index is 177. The zero-order chi connectivity index (χ0) is 11.3. The van der Waals surface area contributed by atoms with Gasteiger partial charge in [-0.15, -0.1) is 0 Å². The smallest absolute Gasteiger partial charge is 0.0600 e. The molecule has 0 aromatic heterocycles. The summed E-state index contributed by atoms with van der Waals surface area (Å²) in [4.78, 5) is 2.52. The molecular formula is C12H26N2O. The lowest BCUT2D eigenvalue weighted by atomic mass is 10.2. The van der Waals surface area contributed by atoms with Crippen molar-refractivity contribution in [3.63, 3.8) is 0 Å². The molecule has 1 heterocycles. The average Bonchev–Trinajstić information content (AvgIpc) is 2.30. The summed E-state index contributed by atoms with van der Waals surface area (Å²) in [5.74, 6) is 0. The summed E-state index contributed by atoms with van der Waals surface area (Å²) in [5, 5.41) is 3.43. The first-order valence-corrected chi connectivity index (χ1v) is 6.08. The van der Waals surface area contributed by atoms with Crippen LogP contribution in [-0.2, 0) is 4.74 Å². The van der Waals surface area contributed by atoms with Crippen molar-refractivity contribution in [2.45, 2.75) is 45.8 Å². The first-order chi connectivity index (χ1) is 6.99. The maximum absolute atomic E-state index is 5.76. The Morgan fingerprint density at radius 3 is 2.73 bits per heavy atom. The Morgan fingerprint density at radius 2 is 2.07 bits per heavy atom. The van der Waals surface area contributed by atoms with Crippen LogP contribution >= 0.6 is 0 Å². The van der Waals surface area contributed by atoms with E-state index in [0.717, 1.165) is 32.8 Å². The van der Waals surface area contributed by atoms with Crippen molar-refractivity contribution in [1.82, 2.24) is 10.2 Å². The molecule has 15 heavy (non-hydrogen) atoms. The van der Waals surface area contributed by atoms with Crippen LogP contribution < -0.4 is 5.32 Å². The summed E-state index contributed by atoms with van der Waals surface area (Å²) < 4.78 is 5.76. The maximum Gasteiger partial charge on any atom is 0.0600 e. The van der Waals surface area contributed by atoms with Gasteiger partial charge in [0.1, 0.15) is 0 Å². The standard InChI is InChI=1S/C12H26N2O/c1-11-5-6-13-7-8-14(11)9-10-15-12(2,3)4/h11,13H,5-10H2,1-4H3. The minimum absolute atomic E-state index is 0.00661. The Balaban J connectivity index is 2.23. The largest absolute Gasteiger partial charge is 0.375 e. The van der Waals surface area contributed by atoms with Crippen LogP contribution in [0.25, 0.3) is 0 Å². The second kappa shape index (κ2) is 5.83. The molecule has 0 bridgehead atoms. The molecule has 1 aliphatic heterocycles. The molecule has 3 nitrogen and oxygen atoms in total. The number of nitrogens with one attached hydrogen (secondary N) is 1. The van der Waals surface area contributed by atoms with E-state index in [-0.39, 0.29) is 5.60 Å². The van der Waals surface area contributed by atoms with Crippen LogP contribution in [0.3, 0.4) is 0 Å². The zero-order valence-electron chi connectivity index (χ0n) is 10.7. The van der Waals surface area contributed by atoms with Crippen molar-refractivity contribution >= 4 is 0 Å². The first kappa shape index (κ1) is 12.9. The molecule has 0 spiro atoms. The predicted octanol–water partition coefficient (Wildman–Crippen LogP) is 1.49. The van der Waals surface area contributed by atoms with E-state index >= 15 is 0 Å². The number of nitrogens with zero attached hydrogens (tertiary/aromatic N) is 1. The molecule has 0 radical (unpaired) electrons. The van der Waals surface area contributed by atoms with Gasteiger partial charge in [0, 0.05) is 25.7 Å². The summed E-state index contributed by atoms with van der Waals surface area (Å²) in [6, 6.07) is 0.684. The molecular weight excluding hydrogens is 188 g/mol. The number of hydrogen-bond donors (Lipinski definition) is 1. The predicted molar refractivity (Wildman–Crippen MR) is 64.2 cm³/mol. The van der Waals surface area contributed by atoms with Crippen LogP contribution in [0.4, 0.5) is 0 Å². The molecule has 1 N–H and O–H groups in total. The van der Waals surface area contributed by atoms with Gasteiger partial charge in [-0.2, -0.15) is 0 Å². The van der Waals surface area contributed by atoms with Gasteiger partial charge in [-0.05, 0) is 40.7 Å². The van der Waals surface area contributed by atoms with Gasteiger partial charge >= 0.3 is 0 Å². The fourth-order valence-electron chi connectivity index (χ4n) is 1.86. The molecule has 0 aromatic rings. The van der Waals surface area contributed by atoms with Crippen LogP contribution in [0.5, 0.6) is 0 Å². The Kier molecular flexibility index (Phi) is 5.03. The summed E-state index contributed by atoms with van der Waals surface area (Å²) in [5.41, 5.74) is -0.00661. The van der Waals surface area contributed by atoms with E-state index < -0.39 is 0 Å². The third kappa shape index (κ3) is 5.50. The van der Waals surface area contributed by atoms with E-state index in [1.165, 1.54) is 6.42 Å². The SMILES string of the molecule is CC1CCNCCN1CCOC(C)(C)C. The summed E-state index contributed by atoms with van der Waals surface area (Å²) in [6.07, 6.45) is 1.25. The van der Waals surface area contributed by atoms with E-state index in [0.29, 0.717) is 6.04 Å². The minimum atomic E-state index is -0.00661. The molecule has 0 aliphatic carbocycles. The van der Waals surface area contributed by atoms with Crippen LogP contribution in [0.15, 0.2) is 0 Å². The van der Waals surface area contributed by atoms with E-state index in [4.69, 9.17) is 4.74 Å². The third-order valence-corrected chi connectivity index (χ3v) is 2.85. The van der Waals surface area contributed by atoms with Crippen molar-refractivity contribution in [2.75, 3.05) is 32.8 Å². The quantitative estimate of drug-likeness (QED) is 0.770. The molecule has 1 unspecified atom stereocenters. The molecule has 3 heteroatoms. The topological polar surface area (TPSA) is 24.5 Å². The van der Waals surface area contributed by atoms with Crippen LogP contribution in [0.2, 0.25) is 0 Å². The van der Waals surface area contributed by atoms with Gasteiger partial charge in [0.05, 0.1) is 12.2 Å². The average molecular weight is 214 g/mol. The van der Waals surface area contributed by atoms with Crippen LogP contribution in [0.1, 0.15) is 34.1 Å². The van der Waals surface area contributed by atoms with Gasteiger partial charge < -0.3 is 10.1 Å². The number of rotatable bonds is 3. The summed E-state index contributed by atoms with van der Waals surface area (Å²) in [6.45, 7) is 13.9. The van der Waals surface area contributed by atoms with Gasteiger partial charge in [-0.25, -0.2) is 0 Å². The van der Waals surface area contributed by atoms with Gasteiger partial charge in [0.15, 0.2) is 0 Å². The summed E-state index contributed by atoms with van der Waals surface area (Å²) in [7, 11) is 0. The van der Waals surface area contributed by atoms with E-state index in [9.17, 15) is 0 Å². The highest BCUT2D eigenvalue weighted by Crippen LogP contribution is 2.09. The van der Waals surface area contributed by atoms with Gasteiger partial charge in [-0.3, -0.25) is 4.90 Å². The van der Waals surface area contributed by atoms with E-state index in [2.05, 4.69) is 37.9 Å². The Labute approximate surface area is 94.2 Å². The fraction of sp³-hybridized carbons (Fsp3) is 1.00. The fourth-order valence-corrected chi connectivity index (χ4v) is 1.86. The van der Waals surface area contributed by atoms with Gasteiger partial charge in [-0.1, -0.05) is 0 Å². The zero-order valence-corrected chi connectivity index (χ0v) is 10.7. The first-order valence-electron chi connectivity index (χ1n) is 6.08. The maximum atomic E-state index is 5.76. The molecule has 90 valence electrons. The summed E-state index contributed by atoms with van der Waals surface area (Å²) >= 11 is 0. The van der Waals surface area contributed by atoms with Crippen molar-refractivity contribution in [3.8, 4) is 0 Å².